The first-order valence-corrected chi connectivity index (χ1v) is 11.2. The van der Waals surface area contributed by atoms with Crippen molar-refractivity contribution in [2.75, 3.05) is 44.7 Å². The van der Waals surface area contributed by atoms with E-state index in [-0.39, 0.29) is 6.10 Å². The van der Waals surface area contributed by atoms with Gasteiger partial charge < -0.3 is 14.5 Å². The Balaban J connectivity index is 1.24. The van der Waals surface area contributed by atoms with Crippen LogP contribution in [-0.4, -0.2) is 65.8 Å². The van der Waals surface area contributed by atoms with Gasteiger partial charge in [-0.05, 0) is 69.2 Å². The van der Waals surface area contributed by atoms with Crippen LogP contribution in [0, 0.1) is 12.3 Å². The predicted molar refractivity (Wildman–Crippen MR) is 115 cm³/mol. The highest BCUT2D eigenvalue weighted by Crippen LogP contribution is 2.40. The van der Waals surface area contributed by atoms with Gasteiger partial charge in [0.2, 0.25) is 0 Å². The van der Waals surface area contributed by atoms with Gasteiger partial charge in [0, 0.05) is 44.0 Å². The third kappa shape index (κ3) is 3.92. The Morgan fingerprint density at radius 1 is 1.17 bits per heavy atom. The summed E-state index contributed by atoms with van der Waals surface area (Å²) in [6.45, 7) is 8.76. The fourth-order valence-electron chi connectivity index (χ4n) is 5.46. The van der Waals surface area contributed by atoms with Crippen LogP contribution in [0.4, 0.5) is 5.69 Å². The molecule has 1 atom stereocenters. The molecular formula is C23H33N5O. The zero-order chi connectivity index (χ0) is 19.8. The molecule has 5 rings (SSSR count). The zero-order valence-corrected chi connectivity index (χ0v) is 17.8. The summed E-state index contributed by atoms with van der Waals surface area (Å²) in [4.78, 5) is 5.00. The van der Waals surface area contributed by atoms with Gasteiger partial charge in [0.15, 0.2) is 0 Å². The van der Waals surface area contributed by atoms with Gasteiger partial charge in [-0.25, -0.2) is 4.68 Å². The molecule has 6 nitrogen and oxygen atoms in total. The molecule has 3 fully saturated rings. The summed E-state index contributed by atoms with van der Waals surface area (Å²) < 4.78 is 7.78. The van der Waals surface area contributed by atoms with Crippen LogP contribution in [0.3, 0.4) is 0 Å². The summed E-state index contributed by atoms with van der Waals surface area (Å²) in [5.41, 5.74) is 5.35. The second kappa shape index (κ2) is 7.73. The van der Waals surface area contributed by atoms with Crippen molar-refractivity contribution in [1.82, 2.24) is 19.9 Å². The number of piperidine rings is 1. The van der Waals surface area contributed by atoms with Gasteiger partial charge in [0.1, 0.15) is 5.69 Å². The highest BCUT2D eigenvalue weighted by atomic mass is 16.5. The largest absolute Gasteiger partial charge is 0.376 e. The van der Waals surface area contributed by atoms with Crippen LogP contribution in [0.25, 0.3) is 11.3 Å². The van der Waals surface area contributed by atoms with E-state index < -0.39 is 0 Å². The summed E-state index contributed by atoms with van der Waals surface area (Å²) in [7, 11) is 2.23. The molecule has 3 aliphatic heterocycles. The maximum atomic E-state index is 5.84. The number of nitrogens with zero attached hydrogens (tertiary/aromatic N) is 5. The molecule has 1 spiro atoms. The summed E-state index contributed by atoms with van der Waals surface area (Å²) in [6.07, 6.45) is 8.53. The highest BCUT2D eigenvalue weighted by Gasteiger charge is 2.43. The summed E-state index contributed by atoms with van der Waals surface area (Å²) >= 11 is 0. The van der Waals surface area contributed by atoms with E-state index in [2.05, 4.69) is 58.5 Å². The highest BCUT2D eigenvalue weighted by molar-refractivity contribution is 5.67. The topological polar surface area (TPSA) is 46.4 Å². The van der Waals surface area contributed by atoms with Gasteiger partial charge in [-0.3, -0.25) is 0 Å². The monoisotopic (exact) mass is 395 g/mol. The molecule has 0 unspecified atom stereocenters. The second-order valence-corrected chi connectivity index (χ2v) is 9.47. The molecule has 1 aromatic carbocycles. The molecular weight excluding hydrogens is 362 g/mol. The number of hydrogen-bond donors (Lipinski definition) is 0. The Morgan fingerprint density at radius 3 is 2.69 bits per heavy atom. The molecule has 3 saturated heterocycles. The third-order valence-corrected chi connectivity index (χ3v) is 7.09. The molecule has 0 amide bonds. The number of anilines is 1. The first kappa shape index (κ1) is 19.1. The van der Waals surface area contributed by atoms with E-state index in [0.29, 0.717) is 5.41 Å². The number of likely N-dealkylation sites (tertiary alicyclic amines) is 1. The van der Waals surface area contributed by atoms with E-state index in [1.165, 1.54) is 68.7 Å². The number of aryl methyl sites for hydroxylation is 1. The van der Waals surface area contributed by atoms with Crippen molar-refractivity contribution in [3.8, 4) is 11.3 Å². The van der Waals surface area contributed by atoms with Gasteiger partial charge in [-0.15, -0.1) is 5.10 Å². The Labute approximate surface area is 173 Å². The Kier molecular flexibility index (Phi) is 5.08. The summed E-state index contributed by atoms with van der Waals surface area (Å²) in [5, 5.41) is 8.79. The first-order valence-electron chi connectivity index (χ1n) is 11.2. The van der Waals surface area contributed by atoms with Crippen molar-refractivity contribution in [2.45, 2.75) is 51.7 Å². The van der Waals surface area contributed by atoms with Crippen molar-refractivity contribution in [3.63, 3.8) is 0 Å². The minimum atomic E-state index is 0.277. The quantitative estimate of drug-likeness (QED) is 0.794. The van der Waals surface area contributed by atoms with Crippen molar-refractivity contribution < 1.29 is 4.74 Å². The van der Waals surface area contributed by atoms with Crippen molar-refractivity contribution in [2.24, 2.45) is 5.41 Å². The normalized spacial score (nSPS) is 24.6. The minimum absolute atomic E-state index is 0.277. The first-order chi connectivity index (χ1) is 14.1. The van der Waals surface area contributed by atoms with Crippen molar-refractivity contribution >= 4 is 5.69 Å². The van der Waals surface area contributed by atoms with Crippen molar-refractivity contribution in [1.29, 1.82) is 0 Å². The lowest BCUT2D eigenvalue weighted by atomic mass is 9.72. The van der Waals surface area contributed by atoms with Gasteiger partial charge in [0.25, 0.3) is 0 Å². The summed E-state index contributed by atoms with van der Waals surface area (Å²) in [6, 6.07) is 6.80. The van der Waals surface area contributed by atoms with Crippen LogP contribution in [0.5, 0.6) is 0 Å². The molecule has 1 aromatic heterocycles. The molecule has 29 heavy (non-hydrogen) atoms. The fourth-order valence-corrected chi connectivity index (χ4v) is 5.46. The van der Waals surface area contributed by atoms with E-state index in [1.807, 2.05) is 4.68 Å². The number of ether oxygens (including phenoxy) is 1. The number of hydrogen-bond acceptors (Lipinski definition) is 5. The molecule has 3 aliphatic rings. The predicted octanol–water partition coefficient (Wildman–Crippen LogP) is 3.35. The van der Waals surface area contributed by atoms with Gasteiger partial charge in [-0.1, -0.05) is 11.3 Å². The van der Waals surface area contributed by atoms with Crippen LogP contribution in [-0.2, 0) is 11.3 Å². The second-order valence-electron chi connectivity index (χ2n) is 9.47. The van der Waals surface area contributed by atoms with Crippen LogP contribution in [0.1, 0.15) is 37.7 Å². The maximum Gasteiger partial charge on any atom is 0.113 e. The number of rotatable bonds is 4. The molecule has 4 heterocycles. The minimum Gasteiger partial charge on any atom is -0.376 e. The Morgan fingerprint density at radius 2 is 2.00 bits per heavy atom. The molecule has 0 radical (unpaired) electrons. The van der Waals surface area contributed by atoms with Crippen LogP contribution in [0.2, 0.25) is 0 Å². The van der Waals surface area contributed by atoms with Crippen LogP contribution in [0.15, 0.2) is 24.4 Å². The summed E-state index contributed by atoms with van der Waals surface area (Å²) in [5.74, 6) is 0. The Hall–Kier alpha value is -1.92. The Bertz CT molecular complexity index is 841. The van der Waals surface area contributed by atoms with Gasteiger partial charge in [-0.2, -0.15) is 0 Å². The lowest BCUT2D eigenvalue weighted by molar-refractivity contribution is 0.00131. The van der Waals surface area contributed by atoms with E-state index in [9.17, 15) is 0 Å². The van der Waals surface area contributed by atoms with Crippen LogP contribution < -0.4 is 4.90 Å². The number of benzene rings is 1. The van der Waals surface area contributed by atoms with E-state index in [0.717, 1.165) is 25.3 Å². The molecule has 0 N–H and O–H groups in total. The van der Waals surface area contributed by atoms with Gasteiger partial charge in [0.05, 0.1) is 18.8 Å². The molecule has 6 heteroatoms. The molecule has 156 valence electrons. The van der Waals surface area contributed by atoms with E-state index >= 15 is 0 Å². The lowest BCUT2D eigenvalue weighted by Gasteiger charge is -2.53. The maximum absolute atomic E-state index is 5.84. The average molecular weight is 396 g/mol. The SMILES string of the molecule is Cc1cc(N2CCC3(CC2)CN(C)C3)ccc1-c1cn(C[C@H]2CCCCO2)nn1. The van der Waals surface area contributed by atoms with Crippen molar-refractivity contribution in [3.05, 3.63) is 30.0 Å². The standard InChI is InChI=1S/C23H33N5O/c1-18-13-19(27-10-8-23(9-11-27)16-26(2)17-23)6-7-21(18)22-15-28(25-24-22)14-20-5-3-4-12-29-20/h6-7,13,15,20H,3-5,8-12,14,16-17H2,1-2H3/t20-/m1/s1. The molecule has 2 aromatic rings. The number of aromatic nitrogens is 3. The fraction of sp³-hybridized carbons (Fsp3) is 0.652. The zero-order valence-electron chi connectivity index (χ0n) is 17.8. The molecule has 0 bridgehead atoms. The van der Waals surface area contributed by atoms with Crippen LogP contribution >= 0.6 is 0 Å². The third-order valence-electron chi connectivity index (χ3n) is 7.09. The lowest BCUT2D eigenvalue weighted by Crippen LogP contribution is -2.58. The molecule has 0 aliphatic carbocycles. The van der Waals surface area contributed by atoms with Gasteiger partial charge >= 0.3 is 0 Å². The average Bonchev–Trinajstić information content (AvgIpc) is 3.16. The van der Waals surface area contributed by atoms with E-state index in [4.69, 9.17) is 4.74 Å². The van der Waals surface area contributed by atoms with E-state index in [1.54, 1.807) is 0 Å². The molecule has 0 saturated carbocycles. The smallest absolute Gasteiger partial charge is 0.113 e.